The zero-order chi connectivity index (χ0) is 21.1. The van der Waals surface area contributed by atoms with Gasteiger partial charge in [-0.25, -0.2) is 4.98 Å². The summed E-state index contributed by atoms with van der Waals surface area (Å²) in [6.07, 6.45) is 2.43. The number of anilines is 1. The number of aryl methyl sites for hydroxylation is 1. The van der Waals surface area contributed by atoms with Gasteiger partial charge in [-0.3, -0.25) is 19.0 Å². The maximum Gasteiger partial charge on any atom is 0.273 e. The summed E-state index contributed by atoms with van der Waals surface area (Å²) in [6, 6.07) is 14.2. The number of nitrogens with zero attached hydrogens (tertiary/aromatic N) is 2. The maximum atomic E-state index is 13.0. The molecule has 2 N–H and O–H groups in total. The van der Waals surface area contributed by atoms with Crippen LogP contribution in [0.1, 0.15) is 25.0 Å². The highest BCUT2D eigenvalue weighted by Crippen LogP contribution is 2.19. The predicted octanol–water partition coefficient (Wildman–Crippen LogP) is 2.90. The first kappa shape index (κ1) is 20.1. The van der Waals surface area contributed by atoms with Crippen LogP contribution in [0.25, 0.3) is 11.0 Å². The van der Waals surface area contributed by atoms with Crippen LogP contribution in [0.4, 0.5) is 5.69 Å². The Hall–Kier alpha value is -3.19. The molecular weight excluding hydrogens is 404 g/mol. The molecule has 1 fully saturated rings. The molecule has 0 bridgehead atoms. The molecule has 0 spiro atoms. The van der Waals surface area contributed by atoms with Crippen molar-refractivity contribution in [2.45, 2.75) is 38.3 Å². The van der Waals surface area contributed by atoms with Gasteiger partial charge in [-0.2, -0.15) is 0 Å². The van der Waals surface area contributed by atoms with Gasteiger partial charge in [0.05, 0.1) is 11.0 Å². The second-order valence-corrected chi connectivity index (χ2v) is 7.77. The third-order valence-corrected chi connectivity index (χ3v) is 5.13. The summed E-state index contributed by atoms with van der Waals surface area (Å²) in [6.45, 7) is -0.161. The number of aromatic nitrogens is 2. The molecule has 7 nitrogen and oxygen atoms in total. The molecule has 154 valence electrons. The van der Waals surface area contributed by atoms with Gasteiger partial charge in [0.15, 0.2) is 0 Å². The van der Waals surface area contributed by atoms with E-state index in [1.54, 1.807) is 42.5 Å². The molecule has 1 aliphatic carbocycles. The lowest BCUT2D eigenvalue weighted by Gasteiger charge is -2.13. The van der Waals surface area contributed by atoms with Gasteiger partial charge < -0.3 is 10.6 Å². The number of carbonyl (C=O) groups is 2. The van der Waals surface area contributed by atoms with Gasteiger partial charge in [-0.05, 0) is 49.2 Å². The Labute approximate surface area is 178 Å². The quantitative estimate of drug-likeness (QED) is 0.609. The number of carbonyl (C=O) groups excluding carboxylic acids is 2. The minimum atomic E-state index is -0.362. The number of hydrogen-bond donors (Lipinski definition) is 2. The Morgan fingerprint density at radius 1 is 1.07 bits per heavy atom. The number of rotatable bonds is 7. The molecule has 1 aliphatic rings. The molecule has 1 aromatic heterocycles. The van der Waals surface area contributed by atoms with Crippen molar-refractivity contribution < 1.29 is 9.59 Å². The average Bonchev–Trinajstić information content (AvgIpc) is 3.54. The fourth-order valence-corrected chi connectivity index (χ4v) is 3.33. The number of para-hydroxylation sites is 2. The first-order valence-electron chi connectivity index (χ1n) is 9.83. The number of nitrogens with one attached hydrogen (secondary N) is 2. The second kappa shape index (κ2) is 8.67. The van der Waals surface area contributed by atoms with E-state index in [4.69, 9.17) is 11.6 Å². The minimum absolute atomic E-state index is 0.0844. The third kappa shape index (κ3) is 4.86. The molecule has 0 saturated heterocycles. The summed E-state index contributed by atoms with van der Waals surface area (Å²) in [7, 11) is 0. The van der Waals surface area contributed by atoms with E-state index in [-0.39, 0.29) is 48.5 Å². The Morgan fingerprint density at radius 3 is 2.53 bits per heavy atom. The molecule has 0 radical (unpaired) electrons. The van der Waals surface area contributed by atoms with Crippen LogP contribution < -0.4 is 16.2 Å². The Balaban J connectivity index is 1.56. The van der Waals surface area contributed by atoms with E-state index in [1.165, 1.54) is 4.57 Å². The molecule has 0 unspecified atom stereocenters. The molecule has 0 aliphatic heterocycles. The summed E-state index contributed by atoms with van der Waals surface area (Å²) in [4.78, 5) is 42.1. The first-order valence-corrected chi connectivity index (χ1v) is 10.2. The zero-order valence-corrected chi connectivity index (χ0v) is 17.0. The number of benzene rings is 2. The molecule has 3 aromatic rings. The molecule has 0 atom stereocenters. The topological polar surface area (TPSA) is 93.1 Å². The van der Waals surface area contributed by atoms with Gasteiger partial charge >= 0.3 is 0 Å². The zero-order valence-electron chi connectivity index (χ0n) is 16.2. The largest absolute Gasteiger partial charge is 0.353 e. The van der Waals surface area contributed by atoms with Crippen molar-refractivity contribution in [3.05, 3.63) is 69.6 Å². The standard InChI is InChI=1S/C22H21ClN4O3/c23-14-5-7-15(8-6-14)25-21(29)13-27-19-4-2-1-3-17(19)26-18(22(27)30)11-12-20(28)24-16-9-10-16/h1-8,16H,9-13H2,(H,24,28)(H,25,29). The Bertz CT molecular complexity index is 1150. The fourth-order valence-electron chi connectivity index (χ4n) is 3.20. The van der Waals surface area contributed by atoms with E-state index >= 15 is 0 Å². The second-order valence-electron chi connectivity index (χ2n) is 7.34. The summed E-state index contributed by atoms with van der Waals surface area (Å²) in [5, 5.41) is 6.24. The lowest BCUT2D eigenvalue weighted by Crippen LogP contribution is -2.32. The average molecular weight is 425 g/mol. The van der Waals surface area contributed by atoms with Gasteiger partial charge in [-0.15, -0.1) is 0 Å². The van der Waals surface area contributed by atoms with Crippen molar-refractivity contribution in [1.29, 1.82) is 0 Å². The summed E-state index contributed by atoms with van der Waals surface area (Å²) in [5.74, 6) is -0.424. The van der Waals surface area contributed by atoms with E-state index in [2.05, 4.69) is 15.6 Å². The van der Waals surface area contributed by atoms with Gasteiger partial charge in [-0.1, -0.05) is 23.7 Å². The summed E-state index contributed by atoms with van der Waals surface area (Å²) < 4.78 is 1.40. The van der Waals surface area contributed by atoms with Crippen LogP contribution in [0.5, 0.6) is 0 Å². The maximum absolute atomic E-state index is 13.0. The summed E-state index contributed by atoms with van der Waals surface area (Å²) >= 11 is 5.87. The predicted molar refractivity (Wildman–Crippen MR) is 116 cm³/mol. The third-order valence-electron chi connectivity index (χ3n) is 4.88. The van der Waals surface area contributed by atoms with Crippen molar-refractivity contribution >= 4 is 40.1 Å². The van der Waals surface area contributed by atoms with Gasteiger partial charge in [0.25, 0.3) is 5.56 Å². The first-order chi connectivity index (χ1) is 14.5. The SMILES string of the molecule is O=C(Cn1c(=O)c(CCC(=O)NC2CC2)nc2ccccc21)Nc1ccc(Cl)cc1. The van der Waals surface area contributed by atoms with Crippen LogP contribution in [0.15, 0.2) is 53.3 Å². The van der Waals surface area contributed by atoms with E-state index in [9.17, 15) is 14.4 Å². The van der Waals surface area contributed by atoms with Gasteiger partial charge in [0.2, 0.25) is 11.8 Å². The normalized spacial score (nSPS) is 13.2. The smallest absolute Gasteiger partial charge is 0.273 e. The van der Waals surface area contributed by atoms with Crippen LogP contribution in [-0.4, -0.2) is 27.4 Å². The van der Waals surface area contributed by atoms with Crippen molar-refractivity contribution in [1.82, 2.24) is 14.9 Å². The number of amides is 2. The highest BCUT2D eigenvalue weighted by molar-refractivity contribution is 6.30. The molecular formula is C22H21ClN4O3. The summed E-state index contributed by atoms with van der Waals surface area (Å²) in [5.41, 5.74) is 1.68. The highest BCUT2D eigenvalue weighted by Gasteiger charge is 2.23. The van der Waals surface area contributed by atoms with Crippen LogP contribution in [0.2, 0.25) is 5.02 Å². The van der Waals surface area contributed by atoms with E-state index in [0.29, 0.717) is 21.7 Å². The van der Waals surface area contributed by atoms with Crippen molar-refractivity contribution in [2.24, 2.45) is 0 Å². The molecule has 2 aromatic carbocycles. The number of halogens is 1. The molecule has 30 heavy (non-hydrogen) atoms. The molecule has 2 amide bonds. The van der Waals surface area contributed by atoms with E-state index in [0.717, 1.165) is 12.8 Å². The molecule has 1 heterocycles. The van der Waals surface area contributed by atoms with Crippen molar-refractivity contribution in [3.8, 4) is 0 Å². The number of fused-ring (bicyclic) bond motifs is 1. The van der Waals surface area contributed by atoms with Gasteiger partial charge in [0.1, 0.15) is 12.2 Å². The Kier molecular flexibility index (Phi) is 5.81. The van der Waals surface area contributed by atoms with Crippen LogP contribution in [0.3, 0.4) is 0 Å². The monoisotopic (exact) mass is 424 g/mol. The molecule has 8 heteroatoms. The fraction of sp³-hybridized carbons (Fsp3) is 0.273. The van der Waals surface area contributed by atoms with Crippen LogP contribution in [-0.2, 0) is 22.6 Å². The number of hydrogen-bond acceptors (Lipinski definition) is 4. The van der Waals surface area contributed by atoms with Crippen LogP contribution in [0, 0.1) is 0 Å². The van der Waals surface area contributed by atoms with Crippen LogP contribution >= 0.6 is 11.6 Å². The van der Waals surface area contributed by atoms with Crippen molar-refractivity contribution in [2.75, 3.05) is 5.32 Å². The highest BCUT2D eigenvalue weighted by atomic mass is 35.5. The Morgan fingerprint density at radius 2 is 1.80 bits per heavy atom. The molecule has 1 saturated carbocycles. The lowest BCUT2D eigenvalue weighted by atomic mass is 10.2. The van der Waals surface area contributed by atoms with Gasteiger partial charge in [0, 0.05) is 29.6 Å². The molecule has 4 rings (SSSR count). The lowest BCUT2D eigenvalue weighted by molar-refractivity contribution is -0.121. The minimum Gasteiger partial charge on any atom is -0.353 e. The van der Waals surface area contributed by atoms with E-state index < -0.39 is 0 Å². The van der Waals surface area contributed by atoms with Crippen molar-refractivity contribution in [3.63, 3.8) is 0 Å². The van der Waals surface area contributed by atoms with E-state index in [1.807, 2.05) is 6.07 Å².